The van der Waals surface area contributed by atoms with E-state index in [0.29, 0.717) is 17.7 Å². The first-order valence-corrected chi connectivity index (χ1v) is 10.1. The van der Waals surface area contributed by atoms with Gasteiger partial charge in [0.25, 0.3) is 11.5 Å². The molecule has 3 aromatic rings. The predicted octanol–water partition coefficient (Wildman–Crippen LogP) is 2.84. The number of benzene rings is 2. The van der Waals surface area contributed by atoms with Gasteiger partial charge < -0.3 is 5.32 Å². The highest BCUT2D eigenvalue weighted by molar-refractivity contribution is 5.91. The van der Waals surface area contributed by atoms with Crippen LogP contribution in [0.2, 0.25) is 0 Å². The third-order valence-corrected chi connectivity index (χ3v) is 4.96. The maximum absolute atomic E-state index is 14.2. The van der Waals surface area contributed by atoms with Gasteiger partial charge >= 0.3 is 5.69 Å². The summed E-state index contributed by atoms with van der Waals surface area (Å²) in [7, 11) is 0. The number of nitrogens with one attached hydrogen (secondary N) is 1. The Morgan fingerprint density at radius 2 is 1.77 bits per heavy atom. The highest BCUT2D eigenvalue weighted by Crippen LogP contribution is 2.15. The van der Waals surface area contributed by atoms with Crippen LogP contribution in [-0.2, 0) is 0 Å². The molecule has 0 saturated heterocycles. The first-order chi connectivity index (χ1) is 14.7. The first kappa shape index (κ1) is 22.1. The Bertz CT molecular complexity index is 1220. The number of amides is 1. The molecule has 0 fully saturated rings. The molecule has 0 bridgehead atoms. The van der Waals surface area contributed by atoms with Gasteiger partial charge in [0.15, 0.2) is 0 Å². The number of aromatic nitrogens is 3. The molecular formula is C23H25FN4O3. The van der Waals surface area contributed by atoms with Gasteiger partial charge in [0.2, 0.25) is 5.69 Å². The quantitative estimate of drug-likeness (QED) is 0.659. The van der Waals surface area contributed by atoms with Crippen LogP contribution in [0.1, 0.15) is 48.4 Å². The molecule has 162 valence electrons. The van der Waals surface area contributed by atoms with Crippen molar-refractivity contribution in [1.82, 2.24) is 19.7 Å². The molecule has 0 aliphatic heterocycles. The van der Waals surface area contributed by atoms with Crippen molar-refractivity contribution in [3.05, 3.63) is 92.0 Å². The van der Waals surface area contributed by atoms with Gasteiger partial charge in [-0.3, -0.25) is 9.59 Å². The van der Waals surface area contributed by atoms with Crippen molar-refractivity contribution in [3.8, 4) is 5.69 Å². The molecule has 2 aromatic carbocycles. The number of nitrogens with zero attached hydrogens (tertiary/aromatic N) is 3. The van der Waals surface area contributed by atoms with E-state index in [0.717, 1.165) is 15.3 Å². The van der Waals surface area contributed by atoms with Crippen LogP contribution >= 0.6 is 0 Å². The molecule has 0 aliphatic carbocycles. The Labute approximate surface area is 179 Å². The summed E-state index contributed by atoms with van der Waals surface area (Å²) in [6.07, 6.45) is 0. The number of halogens is 1. The molecule has 0 radical (unpaired) electrons. The summed E-state index contributed by atoms with van der Waals surface area (Å²) in [5.74, 6) is -1.05. The number of rotatable bonds is 6. The van der Waals surface area contributed by atoms with Crippen molar-refractivity contribution in [1.29, 1.82) is 0 Å². The molecule has 8 heteroatoms. The maximum Gasteiger partial charge on any atom is 0.352 e. The van der Waals surface area contributed by atoms with E-state index in [9.17, 15) is 18.8 Å². The van der Waals surface area contributed by atoms with E-state index in [2.05, 4.69) is 10.4 Å². The van der Waals surface area contributed by atoms with Crippen LogP contribution in [0.25, 0.3) is 5.69 Å². The fourth-order valence-corrected chi connectivity index (χ4v) is 3.12. The number of carbonyl (C=O) groups excluding carboxylic acids is 1. The minimum absolute atomic E-state index is 0.125. The van der Waals surface area contributed by atoms with Crippen molar-refractivity contribution in [2.45, 2.75) is 33.7 Å². The number of aryl methyl sites for hydroxylation is 1. The lowest BCUT2D eigenvalue weighted by atomic mass is 10.1. The van der Waals surface area contributed by atoms with E-state index in [1.165, 1.54) is 12.1 Å². The van der Waals surface area contributed by atoms with Crippen LogP contribution in [-0.4, -0.2) is 26.8 Å². The average Bonchev–Trinajstić information content (AvgIpc) is 2.75. The molecule has 1 atom stereocenters. The van der Waals surface area contributed by atoms with Crippen LogP contribution < -0.4 is 16.6 Å². The zero-order valence-electron chi connectivity index (χ0n) is 17.9. The minimum Gasteiger partial charge on any atom is -0.350 e. The third-order valence-electron chi connectivity index (χ3n) is 4.96. The largest absolute Gasteiger partial charge is 0.352 e. The topological polar surface area (TPSA) is 86.0 Å². The summed E-state index contributed by atoms with van der Waals surface area (Å²) in [6.45, 7) is 7.46. The summed E-state index contributed by atoms with van der Waals surface area (Å²) >= 11 is 0. The van der Waals surface area contributed by atoms with Gasteiger partial charge in [0, 0.05) is 12.6 Å². The average molecular weight is 424 g/mol. The Balaban J connectivity index is 2.24. The molecule has 0 unspecified atom stereocenters. The highest BCUT2D eigenvalue weighted by atomic mass is 19.1. The second-order valence-corrected chi connectivity index (χ2v) is 7.84. The van der Waals surface area contributed by atoms with Gasteiger partial charge in [0.05, 0.1) is 11.7 Å². The van der Waals surface area contributed by atoms with E-state index >= 15 is 0 Å². The third kappa shape index (κ3) is 4.63. The second-order valence-electron chi connectivity index (χ2n) is 7.84. The number of hydrogen-bond donors (Lipinski definition) is 1. The van der Waals surface area contributed by atoms with Crippen molar-refractivity contribution in [2.75, 3.05) is 6.54 Å². The Kier molecular flexibility index (Phi) is 6.48. The molecule has 7 nitrogen and oxygen atoms in total. The Morgan fingerprint density at radius 3 is 2.39 bits per heavy atom. The van der Waals surface area contributed by atoms with Crippen LogP contribution in [0.3, 0.4) is 0 Å². The summed E-state index contributed by atoms with van der Waals surface area (Å²) < 4.78 is 16.1. The zero-order chi connectivity index (χ0) is 22.7. The van der Waals surface area contributed by atoms with Crippen molar-refractivity contribution in [3.63, 3.8) is 0 Å². The smallest absolute Gasteiger partial charge is 0.350 e. The van der Waals surface area contributed by atoms with Crippen molar-refractivity contribution < 1.29 is 9.18 Å². The van der Waals surface area contributed by atoms with Gasteiger partial charge in [-0.05, 0) is 37.0 Å². The highest BCUT2D eigenvalue weighted by Gasteiger charge is 2.24. The Hall–Kier alpha value is -3.55. The van der Waals surface area contributed by atoms with E-state index < -0.39 is 34.7 Å². The molecule has 1 amide bonds. The fourth-order valence-electron chi connectivity index (χ4n) is 3.12. The SMILES string of the molecule is Cc1ccc(-n2nc(C(=O)NCC(C)C)c(=O)n([C@@H](C)c3ccccc3)c2=O)cc1F. The van der Waals surface area contributed by atoms with Crippen LogP contribution in [0.4, 0.5) is 4.39 Å². The van der Waals surface area contributed by atoms with Gasteiger partial charge in [-0.25, -0.2) is 13.8 Å². The van der Waals surface area contributed by atoms with Crippen molar-refractivity contribution in [2.24, 2.45) is 5.92 Å². The van der Waals surface area contributed by atoms with E-state index in [1.54, 1.807) is 38.1 Å². The summed E-state index contributed by atoms with van der Waals surface area (Å²) in [5.41, 5.74) is -0.749. The standard InChI is InChI=1S/C23H25FN4O3/c1-14(2)13-25-21(29)20-22(30)27(16(4)17-8-6-5-7-9-17)23(31)28(26-20)18-11-10-15(3)19(24)12-18/h5-12,14,16H,13H2,1-4H3,(H,25,29)/t16-/m0/s1. The monoisotopic (exact) mass is 424 g/mol. The lowest BCUT2D eigenvalue weighted by molar-refractivity contribution is 0.0939. The van der Waals surface area contributed by atoms with Gasteiger partial charge in [-0.1, -0.05) is 50.2 Å². The van der Waals surface area contributed by atoms with E-state index in [-0.39, 0.29) is 11.6 Å². The molecule has 3 rings (SSSR count). The van der Waals surface area contributed by atoms with Crippen molar-refractivity contribution >= 4 is 5.91 Å². The van der Waals surface area contributed by atoms with Gasteiger partial charge in [-0.2, -0.15) is 9.78 Å². The van der Waals surface area contributed by atoms with Crippen LogP contribution in [0, 0.1) is 18.7 Å². The number of carbonyl (C=O) groups is 1. The first-order valence-electron chi connectivity index (χ1n) is 10.1. The van der Waals surface area contributed by atoms with Crippen LogP contribution in [0.5, 0.6) is 0 Å². The predicted molar refractivity (Wildman–Crippen MR) is 116 cm³/mol. The second kappa shape index (κ2) is 9.07. The van der Waals surface area contributed by atoms with E-state index in [4.69, 9.17) is 0 Å². The summed E-state index contributed by atoms with van der Waals surface area (Å²) in [5, 5.41) is 6.68. The Morgan fingerprint density at radius 1 is 1.10 bits per heavy atom. The van der Waals surface area contributed by atoms with Gasteiger partial charge in [0.1, 0.15) is 5.82 Å². The van der Waals surface area contributed by atoms with Gasteiger partial charge in [-0.15, -0.1) is 0 Å². The lowest BCUT2D eigenvalue weighted by Gasteiger charge is -2.18. The molecule has 1 aromatic heterocycles. The molecule has 1 N–H and O–H groups in total. The molecule has 0 spiro atoms. The summed E-state index contributed by atoms with van der Waals surface area (Å²) in [4.78, 5) is 39.1. The minimum atomic E-state index is -0.800. The normalized spacial score (nSPS) is 12.1. The van der Waals surface area contributed by atoms with Crippen LogP contribution in [0.15, 0.2) is 58.1 Å². The maximum atomic E-state index is 14.2. The summed E-state index contributed by atoms with van der Waals surface area (Å²) in [6, 6.07) is 12.5. The number of hydrogen-bond acceptors (Lipinski definition) is 4. The molecule has 31 heavy (non-hydrogen) atoms. The molecular weight excluding hydrogens is 399 g/mol. The molecule has 1 heterocycles. The van der Waals surface area contributed by atoms with E-state index in [1.807, 2.05) is 19.9 Å². The molecule has 0 saturated carbocycles. The zero-order valence-corrected chi connectivity index (χ0v) is 17.9. The molecule has 0 aliphatic rings. The fraction of sp³-hybridized carbons (Fsp3) is 0.304. The lowest BCUT2D eigenvalue weighted by Crippen LogP contribution is -2.47.